The lowest BCUT2D eigenvalue weighted by Crippen LogP contribution is -2.47. The molecule has 9 heteroatoms. The van der Waals surface area contributed by atoms with Crippen LogP contribution in [0, 0.1) is 0 Å². The van der Waals surface area contributed by atoms with Crippen LogP contribution in [0.4, 0.5) is 0 Å². The van der Waals surface area contributed by atoms with Crippen LogP contribution in [0.25, 0.3) is 0 Å². The minimum absolute atomic E-state index is 0.224. The number of benzene rings is 2. The van der Waals surface area contributed by atoms with Crippen molar-refractivity contribution < 1.29 is 24.6 Å². The van der Waals surface area contributed by atoms with Crippen LogP contribution in [-0.2, 0) is 33.8 Å². The Kier molecular flexibility index (Phi) is 8.23. The van der Waals surface area contributed by atoms with E-state index in [1.54, 1.807) is 36.4 Å². The number of amides is 1. The van der Waals surface area contributed by atoms with Crippen molar-refractivity contribution in [3.8, 4) is 0 Å². The van der Waals surface area contributed by atoms with Crippen molar-refractivity contribution in [2.75, 3.05) is 0 Å². The van der Waals surface area contributed by atoms with E-state index in [9.17, 15) is 14.4 Å². The van der Waals surface area contributed by atoms with E-state index >= 15 is 0 Å². The van der Waals surface area contributed by atoms with Crippen LogP contribution in [-0.4, -0.2) is 45.0 Å². The fourth-order valence-corrected chi connectivity index (χ4v) is 3.52. The zero-order chi connectivity index (χ0) is 22.4. The van der Waals surface area contributed by atoms with Crippen molar-refractivity contribution in [3.05, 3.63) is 69.2 Å². The highest BCUT2D eigenvalue weighted by Gasteiger charge is 2.32. The lowest BCUT2D eigenvalue weighted by Gasteiger charge is -2.33. The number of carboxylic acid groups (broad SMARTS) is 2. The molecular formula is C21H22Cl2N2O5. The molecule has 0 radical (unpaired) electrons. The van der Waals surface area contributed by atoms with Crippen LogP contribution in [0.1, 0.15) is 23.6 Å². The van der Waals surface area contributed by atoms with Gasteiger partial charge in [-0.05, 0) is 47.4 Å². The predicted molar refractivity (Wildman–Crippen MR) is 114 cm³/mol. The first kappa shape index (κ1) is 23.7. The van der Waals surface area contributed by atoms with Gasteiger partial charge < -0.3 is 20.8 Å². The lowest BCUT2D eigenvalue weighted by atomic mass is 9.94. The van der Waals surface area contributed by atoms with Gasteiger partial charge in [0.25, 0.3) is 0 Å². The molecule has 30 heavy (non-hydrogen) atoms. The van der Waals surface area contributed by atoms with E-state index in [-0.39, 0.29) is 5.91 Å². The van der Waals surface area contributed by atoms with Crippen LogP contribution in [0.15, 0.2) is 42.5 Å². The van der Waals surface area contributed by atoms with Gasteiger partial charge in [-0.3, -0.25) is 9.59 Å². The molecule has 0 aromatic heterocycles. The molecule has 0 saturated carbocycles. The number of hydrogen-bond donors (Lipinski definition) is 3. The van der Waals surface area contributed by atoms with Crippen molar-refractivity contribution in [1.82, 2.24) is 4.90 Å². The molecule has 1 aliphatic rings. The minimum atomic E-state index is -1.00. The molecule has 0 unspecified atom stereocenters. The summed E-state index contributed by atoms with van der Waals surface area (Å²) in [4.78, 5) is 34.4. The first-order valence-electron chi connectivity index (χ1n) is 9.08. The maximum absolute atomic E-state index is 11.4. The van der Waals surface area contributed by atoms with Gasteiger partial charge >= 0.3 is 11.9 Å². The third kappa shape index (κ3) is 6.45. The van der Waals surface area contributed by atoms with Crippen molar-refractivity contribution in [2.45, 2.75) is 38.4 Å². The summed E-state index contributed by atoms with van der Waals surface area (Å²) in [6.45, 7) is 1.72. The van der Waals surface area contributed by atoms with Crippen LogP contribution >= 0.6 is 23.2 Å². The molecule has 0 aliphatic carbocycles. The summed E-state index contributed by atoms with van der Waals surface area (Å²) in [5, 5.41) is 18.9. The summed E-state index contributed by atoms with van der Waals surface area (Å²) in [6.07, 6.45) is 0.612. The van der Waals surface area contributed by atoms with Crippen LogP contribution in [0.3, 0.4) is 0 Å². The first-order valence-corrected chi connectivity index (χ1v) is 9.84. The SMILES string of the molecule is CC(=O)N1Cc2ccc(Cl)cc2C[C@@H]1C(=O)O.N[C@H](Cc1cccc(Cl)c1)C(=O)O. The average molecular weight is 453 g/mol. The second-order valence-electron chi connectivity index (χ2n) is 6.90. The number of fused-ring (bicyclic) bond motifs is 1. The molecule has 0 saturated heterocycles. The standard InChI is InChI=1S/C12H12ClNO3.C9H10ClNO2/c1-7(15)14-6-8-2-3-10(13)4-9(8)5-11(14)12(16)17;10-7-3-1-2-6(4-7)5-8(11)9(12)13/h2-4,11H,5-6H2,1H3,(H,16,17);1-4,8H,5,11H2,(H,12,13)/t11-;8-/m11/s1. The van der Waals surface area contributed by atoms with Crippen LogP contribution in [0.2, 0.25) is 10.0 Å². The van der Waals surface area contributed by atoms with E-state index in [4.69, 9.17) is 39.1 Å². The summed E-state index contributed by atoms with van der Waals surface area (Å²) in [5.41, 5.74) is 8.06. The predicted octanol–water partition coefficient (Wildman–Crippen LogP) is 2.99. The Balaban J connectivity index is 0.000000222. The van der Waals surface area contributed by atoms with E-state index in [0.717, 1.165) is 16.7 Å². The highest BCUT2D eigenvalue weighted by Crippen LogP contribution is 2.26. The van der Waals surface area contributed by atoms with Gasteiger partial charge in [0.15, 0.2) is 0 Å². The highest BCUT2D eigenvalue weighted by molar-refractivity contribution is 6.30. The summed E-state index contributed by atoms with van der Waals surface area (Å²) >= 11 is 11.6. The number of carboxylic acids is 2. The topological polar surface area (TPSA) is 121 Å². The smallest absolute Gasteiger partial charge is 0.326 e. The van der Waals surface area contributed by atoms with Crippen LogP contribution < -0.4 is 5.73 Å². The van der Waals surface area contributed by atoms with Gasteiger partial charge in [-0.25, -0.2) is 4.79 Å². The number of carbonyl (C=O) groups is 3. The van der Waals surface area contributed by atoms with E-state index in [2.05, 4.69) is 0 Å². The Labute approximate surface area is 184 Å². The third-order valence-electron chi connectivity index (χ3n) is 4.65. The molecule has 1 amide bonds. The van der Waals surface area contributed by atoms with E-state index in [1.807, 2.05) is 6.07 Å². The molecule has 2 aromatic rings. The number of hydrogen-bond acceptors (Lipinski definition) is 4. The summed E-state index contributed by atoms with van der Waals surface area (Å²) in [6, 6.07) is 10.7. The molecule has 3 rings (SSSR count). The lowest BCUT2D eigenvalue weighted by molar-refractivity contribution is -0.150. The second-order valence-corrected chi connectivity index (χ2v) is 7.77. The van der Waals surface area contributed by atoms with Crippen LogP contribution in [0.5, 0.6) is 0 Å². The molecule has 0 spiro atoms. The van der Waals surface area contributed by atoms with Gasteiger partial charge in [0.05, 0.1) is 0 Å². The number of rotatable bonds is 4. The van der Waals surface area contributed by atoms with Gasteiger partial charge in [0.2, 0.25) is 5.91 Å². The zero-order valence-corrected chi connectivity index (χ0v) is 17.7. The van der Waals surface area contributed by atoms with Crippen molar-refractivity contribution >= 4 is 41.0 Å². The Morgan fingerprint density at radius 1 is 1.10 bits per heavy atom. The molecule has 1 aliphatic heterocycles. The second kappa shape index (κ2) is 10.4. The largest absolute Gasteiger partial charge is 0.480 e. The summed E-state index contributed by atoms with van der Waals surface area (Å²) in [7, 11) is 0. The fourth-order valence-electron chi connectivity index (χ4n) is 3.11. The number of aliphatic carboxylic acids is 2. The first-order chi connectivity index (χ1) is 14.1. The fraction of sp³-hybridized carbons (Fsp3) is 0.286. The van der Waals surface area contributed by atoms with Gasteiger partial charge in [-0.15, -0.1) is 0 Å². The molecule has 4 N–H and O–H groups in total. The van der Waals surface area contributed by atoms with E-state index in [1.165, 1.54) is 11.8 Å². The Morgan fingerprint density at radius 2 is 1.77 bits per heavy atom. The Bertz CT molecular complexity index is 951. The van der Waals surface area contributed by atoms with E-state index < -0.39 is 24.0 Å². The van der Waals surface area contributed by atoms with Gasteiger partial charge in [-0.2, -0.15) is 0 Å². The third-order valence-corrected chi connectivity index (χ3v) is 5.12. The molecule has 0 fully saturated rings. The molecule has 160 valence electrons. The molecule has 1 heterocycles. The average Bonchev–Trinajstić information content (AvgIpc) is 2.67. The van der Waals surface area contributed by atoms with Crippen molar-refractivity contribution in [2.24, 2.45) is 5.73 Å². The van der Waals surface area contributed by atoms with Crippen molar-refractivity contribution in [3.63, 3.8) is 0 Å². The Morgan fingerprint density at radius 3 is 2.33 bits per heavy atom. The molecule has 2 atom stereocenters. The molecule has 2 aromatic carbocycles. The van der Waals surface area contributed by atoms with Crippen molar-refractivity contribution in [1.29, 1.82) is 0 Å². The maximum Gasteiger partial charge on any atom is 0.326 e. The highest BCUT2D eigenvalue weighted by atomic mass is 35.5. The number of halogens is 2. The monoisotopic (exact) mass is 452 g/mol. The zero-order valence-electron chi connectivity index (χ0n) is 16.2. The van der Waals surface area contributed by atoms with Gasteiger partial charge in [0.1, 0.15) is 12.1 Å². The number of carbonyl (C=O) groups excluding carboxylic acids is 1. The van der Waals surface area contributed by atoms with E-state index in [0.29, 0.717) is 29.4 Å². The minimum Gasteiger partial charge on any atom is -0.480 e. The normalized spacial score (nSPS) is 16.0. The summed E-state index contributed by atoms with van der Waals surface area (Å²) in [5.74, 6) is -2.20. The summed E-state index contributed by atoms with van der Waals surface area (Å²) < 4.78 is 0. The van der Waals surface area contributed by atoms with Gasteiger partial charge in [0, 0.05) is 29.9 Å². The quantitative estimate of drug-likeness (QED) is 0.655. The number of nitrogens with two attached hydrogens (primary N) is 1. The Hall–Kier alpha value is -2.61. The maximum atomic E-state index is 11.4. The molecule has 0 bridgehead atoms. The molecule has 7 nitrogen and oxygen atoms in total. The molecular weight excluding hydrogens is 431 g/mol. The van der Waals surface area contributed by atoms with Gasteiger partial charge in [-0.1, -0.05) is 41.4 Å². The number of nitrogens with zero attached hydrogens (tertiary/aromatic N) is 1.